The Morgan fingerprint density at radius 1 is 1.38 bits per heavy atom. The molecular weight excluding hydrogens is 158 g/mol. The minimum Gasteiger partial charge on any atom is -0.325 e. The molecule has 1 fully saturated rings. The minimum absolute atomic E-state index is 0.135. The molecule has 1 aliphatic carbocycles. The van der Waals surface area contributed by atoms with Crippen molar-refractivity contribution in [2.24, 2.45) is 17.6 Å². The molecule has 1 heteroatoms. The van der Waals surface area contributed by atoms with Gasteiger partial charge in [0.25, 0.3) is 0 Å². The molecule has 0 amide bonds. The molecule has 0 heterocycles. The molecule has 0 aromatic heterocycles. The molecule has 1 aliphatic rings. The summed E-state index contributed by atoms with van der Waals surface area (Å²) < 4.78 is 0. The van der Waals surface area contributed by atoms with E-state index >= 15 is 0 Å². The summed E-state index contributed by atoms with van der Waals surface area (Å²) in [6, 6.07) is 0. The standard InChI is InChI=1S/C12H25N/c1-4-6-10(5-2)9-12(3,13)11-7-8-11/h10-11H,4-9,13H2,1-3H3. The van der Waals surface area contributed by atoms with Crippen LogP contribution < -0.4 is 5.73 Å². The minimum atomic E-state index is 0.135. The van der Waals surface area contributed by atoms with E-state index in [0.717, 1.165) is 11.8 Å². The fourth-order valence-corrected chi connectivity index (χ4v) is 2.39. The van der Waals surface area contributed by atoms with Crippen molar-refractivity contribution < 1.29 is 0 Å². The van der Waals surface area contributed by atoms with E-state index in [4.69, 9.17) is 5.73 Å². The van der Waals surface area contributed by atoms with Gasteiger partial charge in [0.05, 0.1) is 0 Å². The lowest BCUT2D eigenvalue weighted by Crippen LogP contribution is -2.40. The van der Waals surface area contributed by atoms with Gasteiger partial charge >= 0.3 is 0 Å². The lowest BCUT2D eigenvalue weighted by atomic mass is 9.82. The van der Waals surface area contributed by atoms with Gasteiger partial charge in [0.1, 0.15) is 0 Å². The largest absolute Gasteiger partial charge is 0.325 e. The third-order valence-corrected chi connectivity index (χ3v) is 3.51. The Balaban J connectivity index is 2.34. The summed E-state index contributed by atoms with van der Waals surface area (Å²) in [5.41, 5.74) is 6.46. The van der Waals surface area contributed by atoms with Crippen molar-refractivity contribution in [2.75, 3.05) is 0 Å². The Morgan fingerprint density at radius 3 is 2.38 bits per heavy atom. The molecule has 0 bridgehead atoms. The van der Waals surface area contributed by atoms with Crippen LogP contribution in [0.1, 0.15) is 59.3 Å². The van der Waals surface area contributed by atoms with E-state index in [1.807, 2.05) is 0 Å². The van der Waals surface area contributed by atoms with E-state index in [9.17, 15) is 0 Å². The predicted octanol–water partition coefficient (Wildman–Crippen LogP) is 3.33. The molecule has 2 N–H and O–H groups in total. The third-order valence-electron chi connectivity index (χ3n) is 3.51. The molecule has 2 unspecified atom stereocenters. The first-order valence-corrected chi connectivity index (χ1v) is 5.89. The predicted molar refractivity (Wildman–Crippen MR) is 58.6 cm³/mol. The summed E-state index contributed by atoms with van der Waals surface area (Å²) in [5.74, 6) is 1.69. The van der Waals surface area contributed by atoms with E-state index in [-0.39, 0.29) is 5.54 Å². The Bertz CT molecular complexity index is 147. The van der Waals surface area contributed by atoms with Crippen LogP contribution in [0, 0.1) is 11.8 Å². The molecule has 1 rings (SSSR count). The Kier molecular flexibility index (Phi) is 3.78. The van der Waals surface area contributed by atoms with Gasteiger partial charge in [0.2, 0.25) is 0 Å². The van der Waals surface area contributed by atoms with Gasteiger partial charge in [-0.1, -0.05) is 33.1 Å². The van der Waals surface area contributed by atoms with Gasteiger partial charge in [-0.3, -0.25) is 0 Å². The van der Waals surface area contributed by atoms with Crippen LogP contribution in [0.15, 0.2) is 0 Å². The zero-order valence-electron chi connectivity index (χ0n) is 9.47. The van der Waals surface area contributed by atoms with Gasteiger partial charge in [-0.25, -0.2) is 0 Å². The molecule has 0 aliphatic heterocycles. The highest BCUT2D eigenvalue weighted by molar-refractivity contribution is 4.96. The average molecular weight is 183 g/mol. The first-order chi connectivity index (χ1) is 6.10. The molecule has 2 atom stereocenters. The van der Waals surface area contributed by atoms with E-state index in [1.165, 1.54) is 38.5 Å². The van der Waals surface area contributed by atoms with Crippen LogP contribution in [0.3, 0.4) is 0 Å². The van der Waals surface area contributed by atoms with Gasteiger partial charge in [-0.2, -0.15) is 0 Å². The number of nitrogens with two attached hydrogens (primary N) is 1. The van der Waals surface area contributed by atoms with Crippen LogP contribution in [0.5, 0.6) is 0 Å². The van der Waals surface area contributed by atoms with Crippen LogP contribution in [0.2, 0.25) is 0 Å². The summed E-state index contributed by atoms with van der Waals surface area (Å²) in [6.45, 7) is 6.82. The van der Waals surface area contributed by atoms with Crippen molar-refractivity contribution in [3.63, 3.8) is 0 Å². The smallest absolute Gasteiger partial charge is 0.0156 e. The first-order valence-electron chi connectivity index (χ1n) is 5.89. The van der Waals surface area contributed by atoms with Crippen LogP contribution in [-0.4, -0.2) is 5.54 Å². The number of rotatable bonds is 6. The van der Waals surface area contributed by atoms with Gasteiger partial charge < -0.3 is 5.73 Å². The van der Waals surface area contributed by atoms with E-state index in [2.05, 4.69) is 20.8 Å². The highest BCUT2D eigenvalue weighted by atomic mass is 14.8. The third kappa shape index (κ3) is 3.30. The maximum atomic E-state index is 6.33. The normalized spacial score (nSPS) is 24.0. The molecule has 0 spiro atoms. The molecule has 0 aromatic carbocycles. The Morgan fingerprint density at radius 2 is 2.00 bits per heavy atom. The summed E-state index contributed by atoms with van der Waals surface area (Å²) in [4.78, 5) is 0. The summed E-state index contributed by atoms with van der Waals surface area (Å²) in [5, 5.41) is 0. The fourth-order valence-electron chi connectivity index (χ4n) is 2.39. The summed E-state index contributed by atoms with van der Waals surface area (Å²) in [7, 11) is 0. The van der Waals surface area contributed by atoms with Crippen LogP contribution >= 0.6 is 0 Å². The summed E-state index contributed by atoms with van der Waals surface area (Å²) in [6.07, 6.45) is 7.94. The Labute approximate surface area is 83.1 Å². The quantitative estimate of drug-likeness (QED) is 0.671. The zero-order chi connectivity index (χ0) is 9.90. The van der Waals surface area contributed by atoms with E-state index < -0.39 is 0 Å². The van der Waals surface area contributed by atoms with Crippen molar-refractivity contribution in [3.05, 3.63) is 0 Å². The van der Waals surface area contributed by atoms with E-state index in [1.54, 1.807) is 0 Å². The van der Waals surface area contributed by atoms with Crippen molar-refractivity contribution in [3.8, 4) is 0 Å². The monoisotopic (exact) mass is 183 g/mol. The molecule has 0 saturated heterocycles. The van der Waals surface area contributed by atoms with Crippen LogP contribution in [0.4, 0.5) is 0 Å². The first kappa shape index (κ1) is 11.0. The maximum absolute atomic E-state index is 6.33. The Hall–Kier alpha value is -0.0400. The topological polar surface area (TPSA) is 26.0 Å². The molecule has 0 radical (unpaired) electrons. The molecule has 1 nitrogen and oxygen atoms in total. The van der Waals surface area contributed by atoms with Crippen molar-refractivity contribution in [1.29, 1.82) is 0 Å². The number of hydrogen-bond donors (Lipinski definition) is 1. The van der Waals surface area contributed by atoms with Crippen molar-refractivity contribution in [2.45, 2.75) is 64.8 Å². The van der Waals surface area contributed by atoms with Crippen LogP contribution in [-0.2, 0) is 0 Å². The second-order valence-electron chi connectivity index (χ2n) is 5.05. The maximum Gasteiger partial charge on any atom is 0.0156 e. The summed E-state index contributed by atoms with van der Waals surface area (Å²) >= 11 is 0. The second kappa shape index (κ2) is 4.45. The molecule has 0 aromatic rings. The molecule has 78 valence electrons. The van der Waals surface area contributed by atoms with Gasteiger partial charge in [-0.15, -0.1) is 0 Å². The van der Waals surface area contributed by atoms with Crippen molar-refractivity contribution >= 4 is 0 Å². The highest BCUT2D eigenvalue weighted by Crippen LogP contribution is 2.41. The lowest BCUT2D eigenvalue weighted by Gasteiger charge is -2.29. The average Bonchev–Trinajstić information content (AvgIpc) is 2.85. The van der Waals surface area contributed by atoms with Gasteiger partial charge in [0, 0.05) is 5.54 Å². The van der Waals surface area contributed by atoms with Gasteiger partial charge in [-0.05, 0) is 38.0 Å². The van der Waals surface area contributed by atoms with Crippen molar-refractivity contribution in [1.82, 2.24) is 0 Å². The molecule has 1 saturated carbocycles. The SMILES string of the molecule is CCCC(CC)CC(C)(N)C1CC1. The fraction of sp³-hybridized carbons (Fsp3) is 1.00. The highest BCUT2D eigenvalue weighted by Gasteiger charge is 2.39. The number of hydrogen-bond acceptors (Lipinski definition) is 1. The molecule has 13 heavy (non-hydrogen) atoms. The molecular formula is C12H25N. The van der Waals surface area contributed by atoms with Gasteiger partial charge in [0.15, 0.2) is 0 Å². The second-order valence-corrected chi connectivity index (χ2v) is 5.05. The van der Waals surface area contributed by atoms with Crippen LogP contribution in [0.25, 0.3) is 0 Å². The zero-order valence-corrected chi connectivity index (χ0v) is 9.47. The lowest BCUT2D eigenvalue weighted by molar-refractivity contribution is 0.286. The van der Waals surface area contributed by atoms with E-state index in [0.29, 0.717) is 0 Å².